The van der Waals surface area contributed by atoms with E-state index in [1.807, 2.05) is 24.3 Å². The van der Waals surface area contributed by atoms with E-state index in [4.69, 9.17) is 9.15 Å². The van der Waals surface area contributed by atoms with Crippen LogP contribution in [0, 0.1) is 0 Å². The molecule has 0 atom stereocenters. The first-order valence-electron chi connectivity index (χ1n) is 9.27. The number of carbonyl (C=O) groups excluding carboxylic acids is 1. The normalized spacial score (nSPS) is 17.3. The maximum Gasteiger partial charge on any atom is 0.257 e. The van der Waals surface area contributed by atoms with Crippen molar-refractivity contribution in [2.75, 3.05) is 36.5 Å². The third kappa shape index (κ3) is 3.38. The van der Waals surface area contributed by atoms with Crippen LogP contribution in [0.15, 0.2) is 40.9 Å². The van der Waals surface area contributed by atoms with Crippen molar-refractivity contribution in [3.05, 3.63) is 48.0 Å². The van der Waals surface area contributed by atoms with E-state index in [0.29, 0.717) is 30.4 Å². The quantitative estimate of drug-likeness (QED) is 0.766. The molecule has 1 aliphatic carbocycles. The Bertz CT molecular complexity index is 973. The summed E-state index contributed by atoms with van der Waals surface area (Å²) >= 11 is 0. The molecule has 1 amide bonds. The zero-order valence-electron chi connectivity index (χ0n) is 14.9. The van der Waals surface area contributed by atoms with Crippen molar-refractivity contribution in [1.82, 2.24) is 9.97 Å². The Morgan fingerprint density at radius 3 is 2.74 bits per heavy atom. The summed E-state index contributed by atoms with van der Waals surface area (Å²) in [7, 11) is 0. The first-order valence-corrected chi connectivity index (χ1v) is 9.27. The number of aromatic nitrogens is 2. The van der Waals surface area contributed by atoms with E-state index < -0.39 is 0 Å². The van der Waals surface area contributed by atoms with Gasteiger partial charge in [0.05, 0.1) is 18.8 Å². The third-order valence-electron chi connectivity index (χ3n) is 4.93. The molecule has 2 aliphatic rings. The van der Waals surface area contributed by atoms with Crippen molar-refractivity contribution in [2.45, 2.75) is 18.8 Å². The molecule has 7 heteroatoms. The fourth-order valence-corrected chi connectivity index (χ4v) is 3.23. The van der Waals surface area contributed by atoms with Gasteiger partial charge in [0.1, 0.15) is 11.3 Å². The van der Waals surface area contributed by atoms with Gasteiger partial charge in [0.15, 0.2) is 11.5 Å². The number of benzene rings is 1. The highest BCUT2D eigenvalue weighted by atomic mass is 16.5. The van der Waals surface area contributed by atoms with Crippen LogP contribution >= 0.6 is 0 Å². The highest BCUT2D eigenvalue weighted by molar-refractivity contribution is 6.04. The van der Waals surface area contributed by atoms with Crippen LogP contribution in [0.4, 0.5) is 11.5 Å². The third-order valence-corrected chi connectivity index (χ3v) is 4.93. The van der Waals surface area contributed by atoms with Crippen LogP contribution in [0.5, 0.6) is 0 Å². The van der Waals surface area contributed by atoms with Crippen LogP contribution in [0.2, 0.25) is 0 Å². The van der Waals surface area contributed by atoms with E-state index in [1.165, 1.54) is 0 Å². The van der Waals surface area contributed by atoms with Gasteiger partial charge in [0.2, 0.25) is 0 Å². The summed E-state index contributed by atoms with van der Waals surface area (Å²) in [6, 6.07) is 9.20. The molecular formula is C20H20N4O3. The number of fused-ring (bicyclic) bond motifs is 1. The fraction of sp³-hybridized carbons (Fsp3) is 0.350. The molecule has 0 bridgehead atoms. The highest BCUT2D eigenvalue weighted by Crippen LogP contribution is 2.40. The van der Waals surface area contributed by atoms with E-state index in [1.54, 1.807) is 12.3 Å². The Kier molecular flexibility index (Phi) is 4.01. The number of oxazole rings is 1. The molecule has 138 valence electrons. The lowest BCUT2D eigenvalue weighted by Crippen LogP contribution is -2.36. The molecule has 1 aromatic carbocycles. The maximum absolute atomic E-state index is 12.5. The van der Waals surface area contributed by atoms with E-state index in [2.05, 4.69) is 20.2 Å². The summed E-state index contributed by atoms with van der Waals surface area (Å²) in [4.78, 5) is 23.6. The van der Waals surface area contributed by atoms with Gasteiger partial charge in [-0.15, -0.1) is 0 Å². The summed E-state index contributed by atoms with van der Waals surface area (Å²) in [6.07, 6.45) is 3.90. The van der Waals surface area contributed by atoms with Gasteiger partial charge in [-0.3, -0.25) is 4.79 Å². The number of hydrogen-bond donors (Lipinski definition) is 1. The Hall–Kier alpha value is -2.93. The van der Waals surface area contributed by atoms with Gasteiger partial charge in [0.25, 0.3) is 5.91 Å². The lowest BCUT2D eigenvalue weighted by Gasteiger charge is -2.27. The molecule has 1 saturated heterocycles. The van der Waals surface area contributed by atoms with Crippen LogP contribution < -0.4 is 10.2 Å². The SMILES string of the molecule is O=C(Nc1ccc2oc(C3CC3)nc2c1)c1ccc(N2CCOCC2)nc1. The van der Waals surface area contributed by atoms with Gasteiger partial charge in [-0.05, 0) is 43.2 Å². The summed E-state index contributed by atoms with van der Waals surface area (Å²) < 4.78 is 11.1. The molecule has 0 unspecified atom stereocenters. The molecule has 7 nitrogen and oxygen atoms in total. The number of morpholine rings is 1. The average molecular weight is 364 g/mol. The number of nitrogens with zero attached hydrogens (tertiary/aromatic N) is 3. The minimum Gasteiger partial charge on any atom is -0.440 e. The monoisotopic (exact) mass is 364 g/mol. The van der Waals surface area contributed by atoms with Crippen molar-refractivity contribution < 1.29 is 13.9 Å². The van der Waals surface area contributed by atoms with Gasteiger partial charge in [0, 0.05) is 30.9 Å². The van der Waals surface area contributed by atoms with Crippen LogP contribution in [-0.4, -0.2) is 42.2 Å². The lowest BCUT2D eigenvalue weighted by atomic mass is 10.2. The second kappa shape index (κ2) is 6.66. The molecule has 0 spiro atoms. The lowest BCUT2D eigenvalue weighted by molar-refractivity contribution is 0.102. The minimum atomic E-state index is -0.193. The minimum absolute atomic E-state index is 0.193. The molecule has 3 heterocycles. The number of anilines is 2. The number of carbonyl (C=O) groups is 1. The second-order valence-electron chi connectivity index (χ2n) is 6.97. The van der Waals surface area contributed by atoms with Gasteiger partial charge >= 0.3 is 0 Å². The number of hydrogen-bond acceptors (Lipinski definition) is 6. The molecule has 0 radical (unpaired) electrons. The first kappa shape index (κ1) is 16.3. The molecule has 1 aliphatic heterocycles. The standard InChI is InChI=1S/C20H20N4O3/c25-19(14-3-6-18(21-12-14)24-7-9-26-10-8-24)22-15-4-5-17-16(11-15)23-20(27-17)13-1-2-13/h3-6,11-13H,1-2,7-10H2,(H,22,25). The summed E-state index contributed by atoms with van der Waals surface area (Å²) in [5.41, 5.74) is 2.74. The molecule has 5 rings (SSSR count). The van der Waals surface area contributed by atoms with Crippen molar-refractivity contribution in [3.8, 4) is 0 Å². The molecule has 2 aromatic heterocycles. The van der Waals surface area contributed by atoms with Crippen molar-refractivity contribution in [2.24, 2.45) is 0 Å². The van der Waals surface area contributed by atoms with Gasteiger partial charge < -0.3 is 19.4 Å². The molecule has 1 N–H and O–H groups in total. The Morgan fingerprint density at radius 2 is 2.00 bits per heavy atom. The van der Waals surface area contributed by atoms with Crippen molar-refractivity contribution in [3.63, 3.8) is 0 Å². The zero-order valence-corrected chi connectivity index (χ0v) is 14.9. The van der Waals surface area contributed by atoms with E-state index >= 15 is 0 Å². The summed E-state index contributed by atoms with van der Waals surface area (Å²) in [5.74, 6) is 1.94. The Balaban J connectivity index is 1.29. The van der Waals surface area contributed by atoms with E-state index in [0.717, 1.165) is 48.7 Å². The zero-order chi connectivity index (χ0) is 18.2. The van der Waals surface area contributed by atoms with Crippen molar-refractivity contribution in [1.29, 1.82) is 0 Å². The van der Waals surface area contributed by atoms with E-state index in [9.17, 15) is 4.79 Å². The number of ether oxygens (including phenoxy) is 1. The van der Waals surface area contributed by atoms with Crippen LogP contribution in [0.3, 0.4) is 0 Å². The largest absolute Gasteiger partial charge is 0.440 e. The summed E-state index contributed by atoms with van der Waals surface area (Å²) in [5, 5.41) is 2.91. The predicted molar refractivity (Wildman–Crippen MR) is 101 cm³/mol. The second-order valence-corrected chi connectivity index (χ2v) is 6.97. The molecule has 2 fully saturated rings. The van der Waals surface area contributed by atoms with Crippen LogP contribution in [0.1, 0.15) is 35.0 Å². The number of rotatable bonds is 4. The number of amides is 1. The average Bonchev–Trinajstić information content (AvgIpc) is 3.48. The fourth-order valence-electron chi connectivity index (χ4n) is 3.23. The van der Waals surface area contributed by atoms with E-state index in [-0.39, 0.29) is 5.91 Å². The topological polar surface area (TPSA) is 80.5 Å². The summed E-state index contributed by atoms with van der Waals surface area (Å²) in [6.45, 7) is 3.05. The Labute approximate surface area is 156 Å². The predicted octanol–water partition coefficient (Wildman–Crippen LogP) is 3.19. The maximum atomic E-state index is 12.5. The molecule has 27 heavy (non-hydrogen) atoms. The first-order chi connectivity index (χ1) is 13.3. The van der Waals surface area contributed by atoms with Crippen LogP contribution in [-0.2, 0) is 4.74 Å². The highest BCUT2D eigenvalue weighted by Gasteiger charge is 2.28. The van der Waals surface area contributed by atoms with Gasteiger partial charge in [-0.25, -0.2) is 9.97 Å². The number of pyridine rings is 1. The molecular weight excluding hydrogens is 344 g/mol. The number of nitrogens with one attached hydrogen (secondary N) is 1. The molecule has 1 saturated carbocycles. The van der Waals surface area contributed by atoms with Gasteiger partial charge in [-0.2, -0.15) is 0 Å². The van der Waals surface area contributed by atoms with Crippen LogP contribution in [0.25, 0.3) is 11.1 Å². The Morgan fingerprint density at radius 1 is 1.15 bits per heavy atom. The van der Waals surface area contributed by atoms with Gasteiger partial charge in [-0.1, -0.05) is 0 Å². The molecule has 3 aromatic rings. The smallest absolute Gasteiger partial charge is 0.257 e. The van der Waals surface area contributed by atoms with Crippen molar-refractivity contribution >= 4 is 28.5 Å².